The summed E-state index contributed by atoms with van der Waals surface area (Å²) in [6, 6.07) is 0.168. The summed E-state index contributed by atoms with van der Waals surface area (Å²) in [5.41, 5.74) is 0. The van der Waals surface area contributed by atoms with Gasteiger partial charge in [0.15, 0.2) is 0 Å². The van der Waals surface area contributed by atoms with Gasteiger partial charge in [-0.1, -0.05) is 12.8 Å². The fourth-order valence-electron chi connectivity index (χ4n) is 2.05. The van der Waals surface area contributed by atoms with Crippen molar-refractivity contribution in [3.63, 3.8) is 0 Å². The van der Waals surface area contributed by atoms with Gasteiger partial charge in [0.05, 0.1) is 7.11 Å². The number of methoxy groups -OCH3 is 2. The third-order valence-corrected chi connectivity index (χ3v) is 2.88. The molecule has 1 aliphatic carbocycles. The minimum absolute atomic E-state index is 0.0213. The highest BCUT2D eigenvalue weighted by molar-refractivity contribution is 5.83. The van der Waals surface area contributed by atoms with Crippen LogP contribution in [0, 0.1) is 0 Å². The Balaban J connectivity index is 2.59. The maximum Gasteiger partial charge on any atom is 0.325 e. The van der Waals surface area contributed by atoms with E-state index in [2.05, 4.69) is 4.74 Å². The Morgan fingerprint density at radius 3 is 2.38 bits per heavy atom. The van der Waals surface area contributed by atoms with E-state index < -0.39 is 0 Å². The molecule has 0 atom stereocenters. The Hall–Kier alpha value is -1.10. The molecule has 0 spiro atoms. The Labute approximate surface area is 95.7 Å². The number of esters is 1. The number of amides is 1. The van der Waals surface area contributed by atoms with E-state index in [1.165, 1.54) is 14.2 Å². The van der Waals surface area contributed by atoms with Crippen LogP contribution in [0.25, 0.3) is 0 Å². The molecule has 1 aliphatic rings. The molecular weight excluding hydrogens is 210 g/mol. The highest BCUT2D eigenvalue weighted by atomic mass is 16.5. The van der Waals surface area contributed by atoms with E-state index in [0.717, 1.165) is 25.7 Å². The molecule has 1 fully saturated rings. The molecule has 1 rings (SSSR count). The zero-order valence-electron chi connectivity index (χ0n) is 9.90. The molecule has 0 N–H and O–H groups in total. The van der Waals surface area contributed by atoms with E-state index in [4.69, 9.17) is 4.74 Å². The van der Waals surface area contributed by atoms with E-state index in [-0.39, 0.29) is 31.1 Å². The molecule has 0 aromatic heterocycles. The number of carbonyl (C=O) groups excluding carboxylic acids is 2. The zero-order valence-corrected chi connectivity index (χ0v) is 9.90. The van der Waals surface area contributed by atoms with Crippen LogP contribution in [-0.4, -0.2) is 50.2 Å². The van der Waals surface area contributed by atoms with Crippen molar-refractivity contribution < 1.29 is 19.1 Å². The van der Waals surface area contributed by atoms with Gasteiger partial charge in [-0.3, -0.25) is 9.59 Å². The van der Waals surface area contributed by atoms with Crippen LogP contribution in [0.4, 0.5) is 0 Å². The molecule has 0 heterocycles. The second kappa shape index (κ2) is 6.48. The lowest BCUT2D eigenvalue weighted by Crippen LogP contribution is -2.44. The fourth-order valence-corrected chi connectivity index (χ4v) is 2.05. The average molecular weight is 229 g/mol. The molecular formula is C11H19NO4. The zero-order chi connectivity index (χ0) is 12.0. The molecule has 0 aromatic rings. The standard InChI is InChI=1S/C11H19NO4/c1-15-8-10(13)12(7-11(14)16-2)9-5-3-4-6-9/h9H,3-8H2,1-2H3. The highest BCUT2D eigenvalue weighted by Crippen LogP contribution is 2.23. The van der Waals surface area contributed by atoms with Crippen molar-refractivity contribution in [2.75, 3.05) is 27.4 Å². The van der Waals surface area contributed by atoms with Crippen molar-refractivity contribution in [2.24, 2.45) is 0 Å². The van der Waals surface area contributed by atoms with Crippen LogP contribution in [0.15, 0.2) is 0 Å². The number of hydrogen-bond donors (Lipinski definition) is 0. The number of hydrogen-bond acceptors (Lipinski definition) is 4. The predicted octanol–water partition coefficient (Wildman–Crippen LogP) is 0.577. The van der Waals surface area contributed by atoms with Crippen LogP contribution in [0.3, 0.4) is 0 Å². The van der Waals surface area contributed by atoms with Gasteiger partial charge in [0.2, 0.25) is 5.91 Å². The summed E-state index contributed by atoms with van der Waals surface area (Å²) in [4.78, 5) is 24.6. The summed E-state index contributed by atoms with van der Waals surface area (Å²) in [6.07, 6.45) is 4.16. The number of ether oxygens (including phenoxy) is 2. The van der Waals surface area contributed by atoms with Gasteiger partial charge >= 0.3 is 5.97 Å². The molecule has 0 unspecified atom stereocenters. The third kappa shape index (κ3) is 3.48. The molecule has 1 saturated carbocycles. The molecule has 0 aliphatic heterocycles. The van der Waals surface area contributed by atoms with Crippen molar-refractivity contribution in [1.82, 2.24) is 4.90 Å². The minimum Gasteiger partial charge on any atom is -0.468 e. The molecule has 92 valence electrons. The molecule has 0 saturated heterocycles. The van der Waals surface area contributed by atoms with Crippen LogP contribution in [-0.2, 0) is 19.1 Å². The molecule has 1 amide bonds. The van der Waals surface area contributed by atoms with Crippen LogP contribution in [0.5, 0.6) is 0 Å². The van der Waals surface area contributed by atoms with Crippen LogP contribution < -0.4 is 0 Å². The molecule has 16 heavy (non-hydrogen) atoms. The Morgan fingerprint density at radius 2 is 1.88 bits per heavy atom. The van der Waals surface area contributed by atoms with Gasteiger partial charge in [-0.25, -0.2) is 0 Å². The Kier molecular flexibility index (Phi) is 5.25. The maximum absolute atomic E-state index is 11.8. The number of nitrogens with zero attached hydrogens (tertiary/aromatic N) is 1. The number of rotatable bonds is 5. The molecule has 0 aromatic carbocycles. The summed E-state index contributed by atoms with van der Waals surface area (Å²) in [5, 5.41) is 0. The van der Waals surface area contributed by atoms with E-state index in [9.17, 15) is 9.59 Å². The quantitative estimate of drug-likeness (QED) is 0.647. The lowest BCUT2D eigenvalue weighted by molar-refractivity contribution is -0.150. The summed E-state index contributed by atoms with van der Waals surface area (Å²) in [7, 11) is 2.80. The first-order valence-corrected chi connectivity index (χ1v) is 5.54. The maximum atomic E-state index is 11.8. The first kappa shape index (κ1) is 13.0. The largest absolute Gasteiger partial charge is 0.468 e. The van der Waals surface area contributed by atoms with Gasteiger partial charge in [-0.05, 0) is 12.8 Å². The summed E-state index contributed by atoms with van der Waals surface area (Å²) in [6.45, 7) is 0.0524. The van der Waals surface area contributed by atoms with E-state index in [1.807, 2.05) is 0 Å². The van der Waals surface area contributed by atoms with Crippen molar-refractivity contribution in [2.45, 2.75) is 31.7 Å². The third-order valence-electron chi connectivity index (χ3n) is 2.88. The smallest absolute Gasteiger partial charge is 0.325 e. The van der Waals surface area contributed by atoms with Crippen LogP contribution in [0.1, 0.15) is 25.7 Å². The van der Waals surface area contributed by atoms with Crippen molar-refractivity contribution in [3.8, 4) is 0 Å². The average Bonchev–Trinajstić information content (AvgIpc) is 2.78. The SMILES string of the molecule is COCC(=O)N(CC(=O)OC)C1CCCC1. The first-order chi connectivity index (χ1) is 7.69. The summed E-state index contributed by atoms with van der Waals surface area (Å²) in [5.74, 6) is -0.517. The highest BCUT2D eigenvalue weighted by Gasteiger charge is 2.28. The van der Waals surface area contributed by atoms with Gasteiger partial charge in [0.25, 0.3) is 0 Å². The Bertz CT molecular complexity index is 248. The topological polar surface area (TPSA) is 55.8 Å². The molecule has 5 heteroatoms. The molecule has 0 radical (unpaired) electrons. The van der Waals surface area contributed by atoms with Gasteiger partial charge in [0, 0.05) is 13.2 Å². The lowest BCUT2D eigenvalue weighted by atomic mass is 10.2. The predicted molar refractivity (Wildman–Crippen MR) is 57.9 cm³/mol. The fraction of sp³-hybridized carbons (Fsp3) is 0.818. The van der Waals surface area contributed by atoms with E-state index in [1.54, 1.807) is 4.90 Å². The minimum atomic E-state index is -0.378. The Morgan fingerprint density at radius 1 is 1.25 bits per heavy atom. The molecule has 0 bridgehead atoms. The van der Waals surface area contributed by atoms with Crippen LogP contribution in [0.2, 0.25) is 0 Å². The first-order valence-electron chi connectivity index (χ1n) is 5.54. The normalized spacial score (nSPS) is 16.1. The lowest BCUT2D eigenvalue weighted by Gasteiger charge is -2.27. The van der Waals surface area contributed by atoms with Gasteiger partial charge in [-0.2, -0.15) is 0 Å². The number of carbonyl (C=O) groups is 2. The van der Waals surface area contributed by atoms with Gasteiger partial charge < -0.3 is 14.4 Å². The van der Waals surface area contributed by atoms with Crippen molar-refractivity contribution >= 4 is 11.9 Å². The van der Waals surface area contributed by atoms with E-state index in [0.29, 0.717) is 0 Å². The van der Waals surface area contributed by atoms with Crippen molar-refractivity contribution in [3.05, 3.63) is 0 Å². The van der Waals surface area contributed by atoms with Gasteiger partial charge in [0.1, 0.15) is 13.2 Å². The summed E-state index contributed by atoms with van der Waals surface area (Å²) >= 11 is 0. The monoisotopic (exact) mass is 229 g/mol. The second-order valence-electron chi connectivity index (χ2n) is 3.97. The van der Waals surface area contributed by atoms with E-state index >= 15 is 0 Å². The van der Waals surface area contributed by atoms with Crippen molar-refractivity contribution in [1.29, 1.82) is 0 Å². The second-order valence-corrected chi connectivity index (χ2v) is 3.97. The van der Waals surface area contributed by atoms with Gasteiger partial charge in [-0.15, -0.1) is 0 Å². The van der Waals surface area contributed by atoms with Crippen LogP contribution >= 0.6 is 0 Å². The summed E-state index contributed by atoms with van der Waals surface area (Å²) < 4.78 is 9.41. The molecule has 5 nitrogen and oxygen atoms in total.